The summed E-state index contributed by atoms with van der Waals surface area (Å²) in [5.74, 6) is 0.236. The summed E-state index contributed by atoms with van der Waals surface area (Å²) in [7, 11) is -0.877. The van der Waals surface area contributed by atoms with Crippen molar-refractivity contribution in [3.63, 3.8) is 0 Å². The summed E-state index contributed by atoms with van der Waals surface area (Å²) in [4.78, 5) is 27.9. The van der Waals surface area contributed by atoms with Crippen LogP contribution in [0.2, 0.25) is 0 Å². The van der Waals surface area contributed by atoms with Crippen molar-refractivity contribution in [1.82, 2.24) is 9.71 Å². The number of methoxy groups -OCH3 is 2. The number of aromatic amines is 1. The zero-order valence-electron chi connectivity index (χ0n) is 22.3. The first-order valence-corrected chi connectivity index (χ1v) is 13.5. The summed E-state index contributed by atoms with van der Waals surface area (Å²) in [6.45, 7) is 1.78. The van der Waals surface area contributed by atoms with Crippen LogP contribution < -0.4 is 14.2 Å². The van der Waals surface area contributed by atoms with E-state index in [1.54, 1.807) is 26.2 Å². The van der Waals surface area contributed by atoms with Crippen molar-refractivity contribution >= 4 is 68.2 Å². The Labute approximate surface area is 249 Å². The molecular formula is C29H28N2NaO6S. The SMILES string of the molecule is CCCC(=O)NS(=O)(=O)c1ccc(C(=O)/C=C/c2cc(-c3cc4ccccc4[nH]3)c(OC)cc2OC)cc1.[Na]. The zero-order chi connectivity index (χ0) is 27.3. The topological polar surface area (TPSA) is 115 Å². The number of hydrogen-bond donors (Lipinski definition) is 2. The van der Waals surface area contributed by atoms with Crippen LogP contribution in [0.1, 0.15) is 35.7 Å². The molecular weight excluding hydrogens is 527 g/mol. The Kier molecular flexibility index (Phi) is 10.2. The van der Waals surface area contributed by atoms with Crippen LogP contribution in [-0.2, 0) is 14.8 Å². The fourth-order valence-corrected chi connectivity index (χ4v) is 5.04. The number of fused-ring (bicyclic) bond motifs is 1. The number of nitrogens with one attached hydrogen (secondary N) is 2. The zero-order valence-corrected chi connectivity index (χ0v) is 25.1. The largest absolute Gasteiger partial charge is 0.496 e. The van der Waals surface area contributed by atoms with Crippen LogP contribution in [0.5, 0.6) is 11.5 Å². The summed E-state index contributed by atoms with van der Waals surface area (Å²) >= 11 is 0. The number of hydrogen-bond acceptors (Lipinski definition) is 6. The summed E-state index contributed by atoms with van der Waals surface area (Å²) in [6.07, 6.45) is 3.68. The van der Waals surface area contributed by atoms with Crippen molar-refractivity contribution in [3.05, 3.63) is 83.9 Å². The van der Waals surface area contributed by atoms with E-state index < -0.39 is 15.9 Å². The molecule has 1 amide bonds. The van der Waals surface area contributed by atoms with E-state index in [4.69, 9.17) is 9.47 Å². The molecule has 0 atom stereocenters. The van der Waals surface area contributed by atoms with Crippen molar-refractivity contribution in [2.45, 2.75) is 24.7 Å². The van der Waals surface area contributed by atoms with Gasteiger partial charge in [0.25, 0.3) is 10.0 Å². The summed E-state index contributed by atoms with van der Waals surface area (Å²) < 4.78 is 37.9. The van der Waals surface area contributed by atoms with E-state index in [1.807, 2.05) is 41.1 Å². The first-order valence-electron chi connectivity index (χ1n) is 12.0. The van der Waals surface area contributed by atoms with Crippen molar-refractivity contribution in [1.29, 1.82) is 0 Å². The van der Waals surface area contributed by atoms with Gasteiger partial charge in [-0.05, 0) is 61.0 Å². The van der Waals surface area contributed by atoms with E-state index >= 15 is 0 Å². The molecule has 0 aliphatic rings. The number of H-pyrrole nitrogens is 1. The van der Waals surface area contributed by atoms with Crippen molar-refractivity contribution in [3.8, 4) is 22.8 Å². The predicted molar refractivity (Wildman–Crippen MR) is 153 cm³/mol. The molecule has 197 valence electrons. The second-order valence-corrected chi connectivity index (χ2v) is 10.2. The predicted octanol–water partition coefficient (Wildman–Crippen LogP) is 4.97. The van der Waals surface area contributed by atoms with E-state index in [0.29, 0.717) is 29.0 Å². The number of amides is 1. The van der Waals surface area contributed by atoms with Crippen molar-refractivity contribution in [2.75, 3.05) is 14.2 Å². The molecule has 0 saturated heterocycles. The van der Waals surface area contributed by atoms with E-state index in [9.17, 15) is 18.0 Å². The maximum atomic E-state index is 12.9. The van der Waals surface area contributed by atoms with Gasteiger partial charge in [0.2, 0.25) is 5.91 Å². The third-order valence-electron chi connectivity index (χ3n) is 5.96. The van der Waals surface area contributed by atoms with E-state index in [1.165, 1.54) is 37.5 Å². The maximum absolute atomic E-state index is 12.9. The van der Waals surface area contributed by atoms with Crippen LogP contribution in [0.15, 0.2) is 77.7 Å². The molecule has 0 aliphatic carbocycles. The van der Waals surface area contributed by atoms with E-state index in [0.717, 1.165) is 22.2 Å². The van der Waals surface area contributed by atoms with Gasteiger partial charge in [-0.2, -0.15) is 0 Å². The summed E-state index contributed by atoms with van der Waals surface area (Å²) in [5.41, 5.74) is 3.60. The number of ketones is 1. The normalized spacial score (nSPS) is 11.3. The number of benzene rings is 3. The smallest absolute Gasteiger partial charge is 0.264 e. The molecule has 4 rings (SSSR count). The molecule has 0 spiro atoms. The van der Waals surface area contributed by atoms with Gasteiger partial charge < -0.3 is 14.5 Å². The molecule has 1 heterocycles. The Morgan fingerprint density at radius 2 is 1.64 bits per heavy atom. The van der Waals surface area contributed by atoms with Gasteiger partial charge in [0, 0.05) is 69.6 Å². The number of carbonyl (C=O) groups is 2. The Morgan fingerprint density at radius 1 is 0.949 bits per heavy atom. The molecule has 8 nitrogen and oxygen atoms in total. The van der Waals surface area contributed by atoms with Crippen LogP contribution in [0.4, 0.5) is 0 Å². The van der Waals surface area contributed by atoms with Crippen LogP contribution in [0, 0.1) is 0 Å². The van der Waals surface area contributed by atoms with E-state index in [-0.39, 0.29) is 46.7 Å². The average molecular weight is 556 g/mol. The quantitative estimate of drug-likeness (QED) is 0.162. The van der Waals surface area contributed by atoms with Crippen LogP contribution >= 0.6 is 0 Å². The van der Waals surface area contributed by atoms with Crippen LogP contribution in [-0.4, -0.2) is 68.9 Å². The van der Waals surface area contributed by atoms with Gasteiger partial charge in [0.15, 0.2) is 5.78 Å². The molecule has 0 fully saturated rings. The molecule has 0 bridgehead atoms. The Morgan fingerprint density at radius 3 is 2.28 bits per heavy atom. The number of para-hydroxylation sites is 1. The maximum Gasteiger partial charge on any atom is 0.264 e. The number of ether oxygens (including phenoxy) is 2. The van der Waals surface area contributed by atoms with Crippen LogP contribution in [0.3, 0.4) is 0 Å². The third-order valence-corrected chi connectivity index (χ3v) is 7.35. The molecule has 1 aromatic heterocycles. The fraction of sp³-hybridized carbons (Fsp3) is 0.172. The number of allylic oxidation sites excluding steroid dienone is 1. The second-order valence-electron chi connectivity index (χ2n) is 8.57. The van der Waals surface area contributed by atoms with Gasteiger partial charge in [-0.15, -0.1) is 0 Å². The second kappa shape index (κ2) is 13.1. The van der Waals surface area contributed by atoms with Gasteiger partial charge in [-0.3, -0.25) is 9.59 Å². The van der Waals surface area contributed by atoms with Gasteiger partial charge in [-0.1, -0.05) is 25.1 Å². The Balaban J connectivity index is 0.00000420. The first-order chi connectivity index (χ1) is 18.2. The van der Waals surface area contributed by atoms with Gasteiger partial charge in [-0.25, -0.2) is 13.1 Å². The molecule has 10 heteroatoms. The fourth-order valence-electron chi connectivity index (χ4n) is 4.03. The Hall–Kier alpha value is -3.37. The number of sulfonamides is 1. The third kappa shape index (κ3) is 6.99. The molecule has 39 heavy (non-hydrogen) atoms. The molecule has 0 aliphatic heterocycles. The molecule has 0 unspecified atom stereocenters. The van der Waals surface area contributed by atoms with Crippen LogP contribution in [0.25, 0.3) is 28.2 Å². The van der Waals surface area contributed by atoms with Gasteiger partial charge in [0.1, 0.15) is 11.5 Å². The van der Waals surface area contributed by atoms with Gasteiger partial charge in [0.05, 0.1) is 24.8 Å². The molecule has 2 N–H and O–H groups in total. The number of rotatable bonds is 10. The molecule has 0 saturated carbocycles. The standard InChI is InChI=1S/C29H28N2O6S.Na/c1-4-7-29(33)31-38(34,35)22-13-10-19(11-14-22)26(32)15-12-21-16-23(28(37-3)18-27(21)36-2)25-17-20-8-5-6-9-24(20)30-25;/h5-6,8-18,30H,4,7H2,1-3H3,(H,31,33);/b15-12+;. The minimum absolute atomic E-state index is 0. The van der Waals surface area contributed by atoms with Crippen molar-refractivity contribution in [2.24, 2.45) is 0 Å². The number of aromatic nitrogens is 1. The minimum Gasteiger partial charge on any atom is -0.496 e. The van der Waals surface area contributed by atoms with Gasteiger partial charge >= 0.3 is 0 Å². The summed E-state index contributed by atoms with van der Waals surface area (Å²) in [6, 6.07) is 19.0. The molecule has 3 aromatic carbocycles. The Bertz CT molecular complexity index is 1590. The first kappa shape index (κ1) is 30.2. The molecule has 1 radical (unpaired) electrons. The number of carbonyl (C=O) groups excluding carboxylic acids is 2. The monoisotopic (exact) mass is 555 g/mol. The summed E-state index contributed by atoms with van der Waals surface area (Å²) in [5, 5.41) is 1.06. The van der Waals surface area contributed by atoms with E-state index in [2.05, 4.69) is 4.98 Å². The average Bonchev–Trinajstić information content (AvgIpc) is 3.35. The van der Waals surface area contributed by atoms with Crippen molar-refractivity contribution < 1.29 is 27.5 Å². The minimum atomic E-state index is -4.00. The molecule has 4 aromatic rings.